The lowest BCUT2D eigenvalue weighted by Crippen LogP contribution is -1.97. The highest BCUT2D eigenvalue weighted by Crippen LogP contribution is 2.07. The summed E-state index contributed by atoms with van der Waals surface area (Å²) in [4.78, 5) is 11.3. The Morgan fingerprint density at radius 2 is 1.62 bits per heavy atom. The zero-order chi connectivity index (χ0) is 9.94. The second-order valence-corrected chi connectivity index (χ2v) is 4.29. The number of hydrogen-bond acceptors (Lipinski definition) is 1. The van der Waals surface area contributed by atoms with Crippen molar-refractivity contribution in [2.24, 2.45) is 0 Å². The van der Waals surface area contributed by atoms with Gasteiger partial charge in [0.15, 0.2) is 0 Å². The molecule has 0 aromatic carbocycles. The van der Waals surface area contributed by atoms with Crippen LogP contribution in [0.2, 0.25) is 0 Å². The topological polar surface area (TPSA) is 17.1 Å². The Bertz CT molecular complexity index is 123. The molecule has 0 saturated heterocycles. The quantitative estimate of drug-likeness (QED) is 0.444. The molecular formula is C11H21BrO. The van der Waals surface area contributed by atoms with E-state index in [1.54, 1.807) is 0 Å². The smallest absolute Gasteiger partial charge is 0.132 e. The Morgan fingerprint density at radius 3 is 2.15 bits per heavy atom. The standard InChI is InChI=1S/C11H21BrO/c1-2-3-4-5-8-11(13)9-6-7-10-12/h2-10H2,1H3. The summed E-state index contributed by atoms with van der Waals surface area (Å²) in [6.45, 7) is 2.19. The molecule has 0 heterocycles. The molecule has 2 heteroatoms. The minimum atomic E-state index is 0.456. The maximum atomic E-state index is 11.3. The summed E-state index contributed by atoms with van der Waals surface area (Å²) in [5.74, 6) is 0.456. The Morgan fingerprint density at radius 1 is 1.00 bits per heavy atom. The van der Waals surface area contributed by atoms with Crippen LogP contribution in [0, 0.1) is 0 Å². The zero-order valence-electron chi connectivity index (χ0n) is 8.65. The Balaban J connectivity index is 3.11. The number of unbranched alkanes of at least 4 members (excludes halogenated alkanes) is 4. The number of rotatable bonds is 9. The van der Waals surface area contributed by atoms with E-state index in [4.69, 9.17) is 0 Å². The van der Waals surface area contributed by atoms with E-state index in [-0.39, 0.29) is 0 Å². The van der Waals surface area contributed by atoms with E-state index in [1.165, 1.54) is 19.3 Å². The minimum Gasteiger partial charge on any atom is -0.300 e. The van der Waals surface area contributed by atoms with Gasteiger partial charge >= 0.3 is 0 Å². The van der Waals surface area contributed by atoms with E-state index in [9.17, 15) is 4.79 Å². The lowest BCUT2D eigenvalue weighted by molar-refractivity contribution is -0.119. The first-order valence-electron chi connectivity index (χ1n) is 5.39. The van der Waals surface area contributed by atoms with Crippen LogP contribution in [0.5, 0.6) is 0 Å². The lowest BCUT2D eigenvalue weighted by Gasteiger charge is -1.99. The summed E-state index contributed by atoms with van der Waals surface area (Å²) < 4.78 is 0. The third-order valence-corrected chi connectivity index (χ3v) is 2.71. The summed E-state index contributed by atoms with van der Waals surface area (Å²) in [6.07, 6.45) is 8.62. The Labute approximate surface area is 90.4 Å². The molecule has 0 saturated carbocycles. The van der Waals surface area contributed by atoms with Gasteiger partial charge in [0.25, 0.3) is 0 Å². The van der Waals surface area contributed by atoms with Crippen molar-refractivity contribution in [3.63, 3.8) is 0 Å². The normalized spacial score (nSPS) is 10.3. The van der Waals surface area contributed by atoms with Gasteiger partial charge in [0, 0.05) is 18.2 Å². The van der Waals surface area contributed by atoms with Gasteiger partial charge in [-0.15, -0.1) is 0 Å². The lowest BCUT2D eigenvalue weighted by atomic mass is 10.1. The van der Waals surface area contributed by atoms with Crippen LogP contribution in [-0.4, -0.2) is 11.1 Å². The van der Waals surface area contributed by atoms with Crippen LogP contribution in [0.25, 0.3) is 0 Å². The molecule has 0 unspecified atom stereocenters. The van der Waals surface area contributed by atoms with Crippen molar-refractivity contribution in [3.05, 3.63) is 0 Å². The fraction of sp³-hybridized carbons (Fsp3) is 0.909. The van der Waals surface area contributed by atoms with E-state index >= 15 is 0 Å². The van der Waals surface area contributed by atoms with Crippen molar-refractivity contribution in [2.45, 2.75) is 58.3 Å². The monoisotopic (exact) mass is 248 g/mol. The molecule has 0 amide bonds. The van der Waals surface area contributed by atoms with Gasteiger partial charge in [-0.25, -0.2) is 0 Å². The first-order valence-corrected chi connectivity index (χ1v) is 6.51. The third-order valence-electron chi connectivity index (χ3n) is 2.15. The number of halogens is 1. The molecule has 0 atom stereocenters. The highest BCUT2D eigenvalue weighted by Gasteiger charge is 2.00. The zero-order valence-corrected chi connectivity index (χ0v) is 10.2. The summed E-state index contributed by atoms with van der Waals surface area (Å²) >= 11 is 3.36. The summed E-state index contributed by atoms with van der Waals surface area (Å²) in [5.41, 5.74) is 0. The SMILES string of the molecule is CCCCCCC(=O)CCCCBr. The molecule has 0 aliphatic carbocycles. The summed E-state index contributed by atoms with van der Waals surface area (Å²) in [7, 11) is 0. The molecule has 0 fully saturated rings. The van der Waals surface area contributed by atoms with E-state index in [2.05, 4.69) is 22.9 Å². The molecule has 0 N–H and O–H groups in total. The van der Waals surface area contributed by atoms with Crippen molar-refractivity contribution in [1.29, 1.82) is 0 Å². The second-order valence-electron chi connectivity index (χ2n) is 3.50. The van der Waals surface area contributed by atoms with Gasteiger partial charge in [0.05, 0.1) is 0 Å². The number of alkyl halides is 1. The molecule has 0 spiro atoms. The first kappa shape index (κ1) is 13.2. The largest absolute Gasteiger partial charge is 0.300 e. The number of ketones is 1. The maximum absolute atomic E-state index is 11.3. The maximum Gasteiger partial charge on any atom is 0.132 e. The van der Waals surface area contributed by atoms with Gasteiger partial charge in [0.1, 0.15) is 5.78 Å². The van der Waals surface area contributed by atoms with Crippen LogP contribution < -0.4 is 0 Å². The molecule has 0 aliphatic rings. The van der Waals surface area contributed by atoms with Crippen LogP contribution in [0.3, 0.4) is 0 Å². The van der Waals surface area contributed by atoms with Gasteiger partial charge in [-0.1, -0.05) is 42.1 Å². The van der Waals surface area contributed by atoms with Gasteiger partial charge in [-0.2, -0.15) is 0 Å². The summed E-state index contributed by atoms with van der Waals surface area (Å²) in [6, 6.07) is 0. The van der Waals surface area contributed by atoms with Gasteiger partial charge in [-0.05, 0) is 19.3 Å². The molecule has 78 valence electrons. The molecule has 0 aliphatic heterocycles. The van der Waals surface area contributed by atoms with Gasteiger partial charge in [0.2, 0.25) is 0 Å². The van der Waals surface area contributed by atoms with Crippen LogP contribution in [0.15, 0.2) is 0 Å². The average molecular weight is 249 g/mol. The molecular weight excluding hydrogens is 228 g/mol. The molecule has 0 rings (SSSR count). The fourth-order valence-corrected chi connectivity index (χ4v) is 1.69. The van der Waals surface area contributed by atoms with Crippen molar-refractivity contribution in [1.82, 2.24) is 0 Å². The second kappa shape index (κ2) is 10.2. The number of carbonyl (C=O) groups is 1. The molecule has 0 aromatic rings. The number of Topliss-reactive ketones (excluding diaryl/α,β-unsaturated/α-hetero) is 1. The number of carbonyl (C=O) groups excluding carboxylic acids is 1. The van der Waals surface area contributed by atoms with E-state index in [0.717, 1.165) is 37.4 Å². The molecule has 1 nitrogen and oxygen atoms in total. The van der Waals surface area contributed by atoms with Crippen molar-refractivity contribution in [2.75, 3.05) is 5.33 Å². The van der Waals surface area contributed by atoms with Gasteiger partial charge in [-0.3, -0.25) is 4.79 Å². The Kier molecular flexibility index (Phi) is 10.4. The summed E-state index contributed by atoms with van der Waals surface area (Å²) in [5, 5.41) is 1.02. The fourth-order valence-electron chi connectivity index (χ4n) is 1.29. The van der Waals surface area contributed by atoms with Crippen LogP contribution in [0.4, 0.5) is 0 Å². The van der Waals surface area contributed by atoms with E-state index < -0.39 is 0 Å². The third kappa shape index (κ3) is 10.1. The Hall–Kier alpha value is 0.150. The number of hydrogen-bond donors (Lipinski definition) is 0. The van der Waals surface area contributed by atoms with Crippen molar-refractivity contribution >= 4 is 21.7 Å². The van der Waals surface area contributed by atoms with E-state index in [1.807, 2.05) is 0 Å². The average Bonchev–Trinajstić information content (AvgIpc) is 2.13. The first-order chi connectivity index (χ1) is 6.31. The highest BCUT2D eigenvalue weighted by molar-refractivity contribution is 9.09. The van der Waals surface area contributed by atoms with Crippen LogP contribution in [-0.2, 0) is 4.79 Å². The van der Waals surface area contributed by atoms with Crippen LogP contribution in [0.1, 0.15) is 58.3 Å². The van der Waals surface area contributed by atoms with Crippen molar-refractivity contribution in [3.8, 4) is 0 Å². The van der Waals surface area contributed by atoms with Gasteiger partial charge < -0.3 is 0 Å². The predicted molar refractivity (Wildman–Crippen MR) is 61.4 cm³/mol. The molecule has 0 bridgehead atoms. The molecule has 0 aromatic heterocycles. The van der Waals surface area contributed by atoms with E-state index in [0.29, 0.717) is 5.78 Å². The van der Waals surface area contributed by atoms with Crippen molar-refractivity contribution < 1.29 is 4.79 Å². The predicted octanol–water partition coefficient (Wildman–Crippen LogP) is 4.09. The molecule has 0 radical (unpaired) electrons. The minimum absolute atomic E-state index is 0.456. The highest BCUT2D eigenvalue weighted by atomic mass is 79.9. The van der Waals surface area contributed by atoms with Crippen LogP contribution >= 0.6 is 15.9 Å². The molecule has 13 heavy (non-hydrogen) atoms.